The highest BCUT2D eigenvalue weighted by Gasteiger charge is 1.97. The van der Waals surface area contributed by atoms with Gasteiger partial charge < -0.3 is 10.4 Å². The van der Waals surface area contributed by atoms with Gasteiger partial charge in [-0.3, -0.25) is 9.78 Å². The molecule has 0 aliphatic carbocycles. The lowest BCUT2D eigenvalue weighted by Gasteiger charge is -1.99. The first-order chi connectivity index (χ1) is 9.29. The number of nitrogens with one attached hydrogen (secondary N) is 1. The molecule has 0 fully saturated rings. The van der Waals surface area contributed by atoms with Crippen LogP contribution in [0.25, 0.3) is 17.1 Å². The number of rotatable bonds is 5. The van der Waals surface area contributed by atoms with Crippen molar-refractivity contribution in [3.8, 4) is 0 Å². The van der Waals surface area contributed by atoms with Crippen LogP contribution in [-0.2, 0) is 4.79 Å². The van der Waals surface area contributed by atoms with Crippen molar-refractivity contribution in [1.82, 2.24) is 15.3 Å². The molecule has 2 N–H and O–H groups in total. The minimum Gasteiger partial charge on any atom is -0.396 e. The molecule has 1 heterocycles. The fraction of sp³-hybridized carbons (Fsp3) is 0.214. The van der Waals surface area contributed by atoms with Crippen LogP contribution in [0.2, 0.25) is 0 Å². The molecule has 19 heavy (non-hydrogen) atoms. The summed E-state index contributed by atoms with van der Waals surface area (Å²) in [6.45, 7) is 0.531. The molecular weight excluding hydrogens is 242 g/mol. The van der Waals surface area contributed by atoms with E-state index in [0.717, 1.165) is 11.0 Å². The summed E-state index contributed by atoms with van der Waals surface area (Å²) in [4.78, 5) is 20.1. The zero-order chi connectivity index (χ0) is 13.5. The Kier molecular flexibility index (Phi) is 4.58. The molecule has 0 saturated heterocycles. The summed E-state index contributed by atoms with van der Waals surface area (Å²) in [6, 6.07) is 7.56. The first-order valence-electron chi connectivity index (χ1n) is 6.08. The summed E-state index contributed by atoms with van der Waals surface area (Å²) >= 11 is 0. The Morgan fingerprint density at radius 2 is 2.11 bits per heavy atom. The molecule has 98 valence electrons. The number of hydrogen-bond donors (Lipinski definition) is 2. The maximum absolute atomic E-state index is 11.4. The van der Waals surface area contributed by atoms with Crippen molar-refractivity contribution in [2.24, 2.45) is 0 Å². The van der Waals surface area contributed by atoms with E-state index in [1.54, 1.807) is 12.3 Å². The average molecular weight is 257 g/mol. The van der Waals surface area contributed by atoms with Crippen molar-refractivity contribution < 1.29 is 9.90 Å². The van der Waals surface area contributed by atoms with Gasteiger partial charge in [-0.25, -0.2) is 4.98 Å². The van der Waals surface area contributed by atoms with Gasteiger partial charge >= 0.3 is 0 Å². The van der Waals surface area contributed by atoms with Crippen LogP contribution in [0.15, 0.2) is 36.5 Å². The van der Waals surface area contributed by atoms with E-state index < -0.39 is 0 Å². The van der Waals surface area contributed by atoms with Gasteiger partial charge in [0.25, 0.3) is 0 Å². The number of nitrogens with zero attached hydrogens (tertiary/aromatic N) is 2. The Bertz CT molecular complexity index is 596. The number of carbonyl (C=O) groups is 1. The standard InChI is InChI=1S/C14H15N3O2/c18-9-3-8-15-14(19)7-6-11-10-16-12-4-1-2-5-13(12)17-11/h1-2,4-7,10,18H,3,8-9H2,(H,15,19)/b7-6+. The fourth-order valence-corrected chi connectivity index (χ4v) is 1.56. The summed E-state index contributed by atoms with van der Waals surface area (Å²) in [7, 11) is 0. The summed E-state index contributed by atoms with van der Waals surface area (Å²) in [5.74, 6) is -0.205. The summed E-state index contributed by atoms with van der Waals surface area (Å²) in [6.07, 6.45) is 5.21. The fourth-order valence-electron chi connectivity index (χ4n) is 1.56. The molecule has 1 aromatic heterocycles. The number of aromatic nitrogens is 2. The van der Waals surface area contributed by atoms with Crippen LogP contribution in [0.1, 0.15) is 12.1 Å². The first kappa shape index (κ1) is 13.2. The predicted octanol–water partition coefficient (Wildman–Crippen LogP) is 1.14. The molecule has 0 aliphatic rings. The maximum atomic E-state index is 11.4. The quantitative estimate of drug-likeness (QED) is 0.622. The zero-order valence-electron chi connectivity index (χ0n) is 10.4. The van der Waals surface area contributed by atoms with Gasteiger partial charge in [-0.05, 0) is 24.6 Å². The molecule has 5 heteroatoms. The van der Waals surface area contributed by atoms with E-state index in [9.17, 15) is 4.79 Å². The molecule has 1 amide bonds. The molecule has 0 spiro atoms. The van der Waals surface area contributed by atoms with Crippen molar-refractivity contribution in [3.63, 3.8) is 0 Å². The first-order valence-corrected chi connectivity index (χ1v) is 6.08. The predicted molar refractivity (Wildman–Crippen MR) is 73.3 cm³/mol. The van der Waals surface area contributed by atoms with Crippen LogP contribution in [-0.4, -0.2) is 34.1 Å². The Morgan fingerprint density at radius 3 is 2.89 bits per heavy atom. The Morgan fingerprint density at radius 1 is 1.32 bits per heavy atom. The topological polar surface area (TPSA) is 75.1 Å². The number of carbonyl (C=O) groups excluding carboxylic acids is 1. The average Bonchev–Trinajstić information content (AvgIpc) is 2.45. The van der Waals surface area contributed by atoms with Gasteiger partial charge in [-0.1, -0.05) is 12.1 Å². The van der Waals surface area contributed by atoms with Crippen LogP contribution in [0.3, 0.4) is 0 Å². The number of aliphatic hydroxyl groups excluding tert-OH is 1. The normalized spacial score (nSPS) is 11.0. The van der Waals surface area contributed by atoms with Gasteiger partial charge in [0.05, 0.1) is 22.9 Å². The molecular formula is C14H15N3O2. The van der Waals surface area contributed by atoms with Gasteiger partial charge in [0, 0.05) is 19.2 Å². The largest absolute Gasteiger partial charge is 0.396 e. The Labute approximate surface area is 111 Å². The molecule has 0 aliphatic heterocycles. The molecule has 2 rings (SSSR count). The highest BCUT2D eigenvalue weighted by molar-refractivity contribution is 5.91. The molecule has 2 aromatic rings. The molecule has 0 atom stereocenters. The molecule has 0 unspecified atom stereocenters. The van der Waals surface area contributed by atoms with Gasteiger partial charge in [0.1, 0.15) is 0 Å². The van der Waals surface area contributed by atoms with Gasteiger partial charge in [0.15, 0.2) is 0 Å². The third-order valence-electron chi connectivity index (χ3n) is 2.51. The summed E-state index contributed by atoms with van der Waals surface area (Å²) < 4.78 is 0. The van der Waals surface area contributed by atoms with Crippen LogP contribution < -0.4 is 5.32 Å². The van der Waals surface area contributed by atoms with Crippen molar-refractivity contribution in [2.75, 3.05) is 13.2 Å². The van der Waals surface area contributed by atoms with Gasteiger partial charge in [0.2, 0.25) is 5.91 Å². The van der Waals surface area contributed by atoms with Gasteiger partial charge in [-0.15, -0.1) is 0 Å². The minimum absolute atomic E-state index is 0.0696. The highest BCUT2D eigenvalue weighted by atomic mass is 16.3. The van der Waals surface area contributed by atoms with Crippen molar-refractivity contribution >= 4 is 23.0 Å². The van der Waals surface area contributed by atoms with E-state index in [-0.39, 0.29) is 12.5 Å². The van der Waals surface area contributed by atoms with Crippen molar-refractivity contribution in [3.05, 3.63) is 42.2 Å². The second-order valence-corrected chi connectivity index (χ2v) is 3.99. The molecule has 1 aromatic carbocycles. The van der Waals surface area contributed by atoms with Crippen LogP contribution in [0, 0.1) is 0 Å². The molecule has 0 saturated carbocycles. The molecule has 0 bridgehead atoms. The van der Waals surface area contributed by atoms with Gasteiger partial charge in [-0.2, -0.15) is 0 Å². The van der Waals surface area contributed by atoms with E-state index in [0.29, 0.717) is 18.7 Å². The van der Waals surface area contributed by atoms with Crippen LogP contribution in [0.4, 0.5) is 0 Å². The lowest BCUT2D eigenvalue weighted by Crippen LogP contribution is -2.22. The van der Waals surface area contributed by atoms with Crippen LogP contribution >= 0.6 is 0 Å². The molecule has 5 nitrogen and oxygen atoms in total. The zero-order valence-corrected chi connectivity index (χ0v) is 10.4. The van der Waals surface area contributed by atoms with E-state index in [1.165, 1.54) is 6.08 Å². The van der Waals surface area contributed by atoms with E-state index in [1.807, 2.05) is 24.3 Å². The van der Waals surface area contributed by atoms with E-state index >= 15 is 0 Å². The third kappa shape index (κ3) is 3.86. The summed E-state index contributed by atoms with van der Waals surface area (Å²) in [5.41, 5.74) is 2.26. The number of aliphatic hydroxyl groups is 1. The lowest BCUT2D eigenvalue weighted by molar-refractivity contribution is -0.116. The SMILES string of the molecule is O=C(/C=C/c1cnc2ccccc2n1)NCCCO. The molecule has 0 radical (unpaired) electrons. The summed E-state index contributed by atoms with van der Waals surface area (Å²) in [5, 5.41) is 11.3. The monoisotopic (exact) mass is 257 g/mol. The number of fused-ring (bicyclic) bond motifs is 1. The maximum Gasteiger partial charge on any atom is 0.244 e. The minimum atomic E-state index is -0.205. The number of para-hydroxylation sites is 2. The number of benzene rings is 1. The Hall–Kier alpha value is -2.27. The van der Waals surface area contributed by atoms with Crippen molar-refractivity contribution in [1.29, 1.82) is 0 Å². The number of hydrogen-bond acceptors (Lipinski definition) is 4. The third-order valence-corrected chi connectivity index (χ3v) is 2.51. The highest BCUT2D eigenvalue weighted by Crippen LogP contribution is 2.09. The lowest BCUT2D eigenvalue weighted by atomic mass is 10.3. The second-order valence-electron chi connectivity index (χ2n) is 3.99. The smallest absolute Gasteiger partial charge is 0.244 e. The van der Waals surface area contributed by atoms with Crippen LogP contribution in [0.5, 0.6) is 0 Å². The number of amides is 1. The van der Waals surface area contributed by atoms with Crippen molar-refractivity contribution in [2.45, 2.75) is 6.42 Å². The van der Waals surface area contributed by atoms with E-state index in [2.05, 4.69) is 15.3 Å². The second kappa shape index (κ2) is 6.61. The Balaban J connectivity index is 2.02. The van der Waals surface area contributed by atoms with E-state index in [4.69, 9.17) is 5.11 Å².